The quantitative estimate of drug-likeness (QED) is 0.788. The predicted octanol–water partition coefficient (Wildman–Crippen LogP) is 2.04. The van der Waals surface area contributed by atoms with Crippen molar-refractivity contribution in [3.05, 3.63) is 46.5 Å². The third kappa shape index (κ3) is 5.26. The van der Waals surface area contributed by atoms with Crippen LogP contribution in [0.25, 0.3) is 0 Å². The van der Waals surface area contributed by atoms with E-state index in [1.807, 2.05) is 0 Å². The number of hydrogen-bond donors (Lipinski definition) is 1. The summed E-state index contributed by atoms with van der Waals surface area (Å²) in [5.41, 5.74) is 4.02. The number of benzene rings is 1. The van der Waals surface area contributed by atoms with E-state index in [-0.39, 0.29) is 11.8 Å². The van der Waals surface area contributed by atoms with Gasteiger partial charge in [0, 0.05) is 64.7 Å². The highest BCUT2D eigenvalue weighted by Crippen LogP contribution is 2.16. The summed E-state index contributed by atoms with van der Waals surface area (Å²) in [6.07, 6.45) is 3.27. The second-order valence-corrected chi connectivity index (χ2v) is 8.63. The smallest absolute Gasteiger partial charge is 0.223 e. The lowest BCUT2D eigenvalue weighted by atomic mass is 9.99. The molecule has 1 aromatic heterocycles. The van der Waals surface area contributed by atoms with Crippen molar-refractivity contribution in [1.82, 2.24) is 25.0 Å². The monoisotopic (exact) mass is 411 g/mol. The maximum Gasteiger partial charge on any atom is 0.223 e. The predicted molar refractivity (Wildman–Crippen MR) is 115 cm³/mol. The second-order valence-electron chi connectivity index (χ2n) is 8.63. The molecule has 4 rings (SSSR count). The maximum atomic E-state index is 12.3. The molecule has 1 fully saturated rings. The summed E-state index contributed by atoms with van der Waals surface area (Å²) in [5.74, 6) is 2.27. The molecule has 0 bridgehead atoms. The van der Waals surface area contributed by atoms with Gasteiger partial charge in [0.05, 0.1) is 0 Å². The van der Waals surface area contributed by atoms with Gasteiger partial charge in [0.15, 0.2) is 0 Å². The number of aryl methyl sites for hydroxylation is 2. The number of amides is 1. The molecule has 1 amide bonds. The zero-order valence-electron chi connectivity index (χ0n) is 18.2. The molecule has 0 unspecified atom stereocenters. The Morgan fingerprint density at radius 3 is 2.63 bits per heavy atom. The van der Waals surface area contributed by atoms with Crippen molar-refractivity contribution in [3.63, 3.8) is 0 Å². The third-order valence-corrected chi connectivity index (χ3v) is 6.12. The molecule has 3 heterocycles. The minimum Gasteiger partial charge on any atom is -0.381 e. The first-order chi connectivity index (χ1) is 14.6. The molecule has 2 aliphatic rings. The van der Waals surface area contributed by atoms with Gasteiger partial charge in [-0.2, -0.15) is 0 Å². The van der Waals surface area contributed by atoms with Crippen LogP contribution in [0.2, 0.25) is 0 Å². The number of hydrogen-bond acceptors (Lipinski definition) is 5. The highest BCUT2D eigenvalue weighted by molar-refractivity contribution is 5.78. The average Bonchev–Trinajstić information content (AvgIpc) is 3.00. The van der Waals surface area contributed by atoms with Gasteiger partial charge in [-0.15, -0.1) is 10.2 Å². The zero-order chi connectivity index (χ0) is 20.9. The molecular formula is C23H33N5O2. The standard InChI is InChI=1S/C23H33N5O2/c1-17-13-18(2)15-19(14-17)16-27-8-4-22-26-25-21(28(22)10-9-27)3-7-24-23(29)20-5-11-30-12-6-20/h13-15,20H,3-12,16H2,1-2H3,(H,24,29). The maximum absolute atomic E-state index is 12.3. The Labute approximate surface area is 178 Å². The summed E-state index contributed by atoms with van der Waals surface area (Å²) in [4.78, 5) is 14.8. The molecule has 0 radical (unpaired) electrons. The van der Waals surface area contributed by atoms with Crippen LogP contribution in [-0.2, 0) is 35.5 Å². The van der Waals surface area contributed by atoms with Crippen molar-refractivity contribution in [2.24, 2.45) is 5.92 Å². The van der Waals surface area contributed by atoms with Crippen molar-refractivity contribution in [2.45, 2.75) is 52.6 Å². The molecule has 0 saturated carbocycles. The van der Waals surface area contributed by atoms with Gasteiger partial charge in [0.1, 0.15) is 11.6 Å². The molecular weight excluding hydrogens is 378 g/mol. The minimum absolute atomic E-state index is 0.0908. The molecule has 2 aliphatic heterocycles. The summed E-state index contributed by atoms with van der Waals surface area (Å²) in [7, 11) is 0. The van der Waals surface area contributed by atoms with Crippen LogP contribution < -0.4 is 5.32 Å². The molecule has 7 nitrogen and oxygen atoms in total. The fourth-order valence-electron chi connectivity index (χ4n) is 4.59. The van der Waals surface area contributed by atoms with Gasteiger partial charge in [0.25, 0.3) is 0 Å². The van der Waals surface area contributed by atoms with Crippen molar-refractivity contribution in [3.8, 4) is 0 Å². The van der Waals surface area contributed by atoms with Gasteiger partial charge in [-0.05, 0) is 32.3 Å². The third-order valence-electron chi connectivity index (χ3n) is 6.12. The average molecular weight is 412 g/mol. The summed E-state index contributed by atoms with van der Waals surface area (Å²) in [6.45, 7) is 10.2. The number of carbonyl (C=O) groups is 1. The van der Waals surface area contributed by atoms with E-state index in [1.165, 1.54) is 16.7 Å². The SMILES string of the molecule is Cc1cc(C)cc(CN2CCc3nnc(CCNC(=O)C4CCOCC4)n3CC2)c1. The summed E-state index contributed by atoms with van der Waals surface area (Å²) in [5, 5.41) is 11.9. The summed E-state index contributed by atoms with van der Waals surface area (Å²) in [6, 6.07) is 6.79. The Morgan fingerprint density at radius 1 is 1.10 bits per heavy atom. The number of fused-ring (bicyclic) bond motifs is 1. The van der Waals surface area contributed by atoms with E-state index in [2.05, 4.69) is 57.0 Å². The van der Waals surface area contributed by atoms with Crippen LogP contribution in [-0.4, -0.2) is 58.4 Å². The van der Waals surface area contributed by atoms with E-state index in [0.717, 1.165) is 63.5 Å². The topological polar surface area (TPSA) is 72.3 Å². The van der Waals surface area contributed by atoms with Crippen LogP contribution in [0.3, 0.4) is 0 Å². The van der Waals surface area contributed by atoms with E-state index in [4.69, 9.17) is 4.74 Å². The number of carbonyl (C=O) groups excluding carboxylic acids is 1. The van der Waals surface area contributed by atoms with Crippen LogP contribution >= 0.6 is 0 Å². The highest BCUT2D eigenvalue weighted by Gasteiger charge is 2.22. The molecule has 7 heteroatoms. The lowest BCUT2D eigenvalue weighted by molar-refractivity contribution is -0.127. The Morgan fingerprint density at radius 2 is 1.87 bits per heavy atom. The number of nitrogens with one attached hydrogen (secondary N) is 1. The first-order valence-electron chi connectivity index (χ1n) is 11.1. The van der Waals surface area contributed by atoms with Gasteiger partial charge in [-0.3, -0.25) is 9.69 Å². The minimum atomic E-state index is 0.0908. The van der Waals surface area contributed by atoms with E-state index in [0.29, 0.717) is 19.8 Å². The van der Waals surface area contributed by atoms with E-state index >= 15 is 0 Å². The van der Waals surface area contributed by atoms with Gasteiger partial charge in [0.2, 0.25) is 5.91 Å². The van der Waals surface area contributed by atoms with Gasteiger partial charge in [-0.25, -0.2) is 0 Å². The van der Waals surface area contributed by atoms with Crippen LogP contribution in [0.5, 0.6) is 0 Å². The Hall–Kier alpha value is -2.25. The van der Waals surface area contributed by atoms with Crippen molar-refractivity contribution >= 4 is 5.91 Å². The molecule has 0 aliphatic carbocycles. The first-order valence-corrected chi connectivity index (χ1v) is 11.1. The van der Waals surface area contributed by atoms with Crippen LogP contribution in [0, 0.1) is 19.8 Å². The summed E-state index contributed by atoms with van der Waals surface area (Å²) < 4.78 is 7.59. The lowest BCUT2D eigenvalue weighted by Gasteiger charge is -2.21. The van der Waals surface area contributed by atoms with Crippen LogP contribution in [0.1, 0.15) is 41.2 Å². The fourth-order valence-corrected chi connectivity index (χ4v) is 4.59. The van der Waals surface area contributed by atoms with Gasteiger partial charge < -0.3 is 14.6 Å². The Bertz CT molecular complexity index is 852. The van der Waals surface area contributed by atoms with Crippen LogP contribution in [0.15, 0.2) is 18.2 Å². The first kappa shape index (κ1) is 21.0. The van der Waals surface area contributed by atoms with E-state index < -0.39 is 0 Å². The Kier molecular flexibility index (Phi) is 6.79. The molecule has 0 spiro atoms. The molecule has 162 valence electrons. The molecule has 1 saturated heterocycles. The van der Waals surface area contributed by atoms with E-state index in [9.17, 15) is 4.79 Å². The van der Waals surface area contributed by atoms with Gasteiger partial charge >= 0.3 is 0 Å². The molecule has 0 atom stereocenters. The number of aromatic nitrogens is 3. The molecule has 1 N–H and O–H groups in total. The van der Waals surface area contributed by atoms with E-state index in [1.54, 1.807) is 0 Å². The normalized spacial score (nSPS) is 18.1. The van der Waals surface area contributed by atoms with Crippen LogP contribution in [0.4, 0.5) is 0 Å². The number of ether oxygens (including phenoxy) is 1. The largest absolute Gasteiger partial charge is 0.381 e. The summed E-state index contributed by atoms with van der Waals surface area (Å²) >= 11 is 0. The molecule has 2 aromatic rings. The number of rotatable bonds is 6. The molecule has 1 aromatic carbocycles. The highest BCUT2D eigenvalue weighted by atomic mass is 16.5. The fraction of sp³-hybridized carbons (Fsp3) is 0.609. The molecule has 30 heavy (non-hydrogen) atoms. The zero-order valence-corrected chi connectivity index (χ0v) is 18.2. The second kappa shape index (κ2) is 9.71. The van der Waals surface area contributed by atoms with Crippen molar-refractivity contribution < 1.29 is 9.53 Å². The number of nitrogens with zero attached hydrogens (tertiary/aromatic N) is 4. The lowest BCUT2D eigenvalue weighted by Crippen LogP contribution is -2.35. The Balaban J connectivity index is 1.29. The van der Waals surface area contributed by atoms with Crippen molar-refractivity contribution in [1.29, 1.82) is 0 Å². The van der Waals surface area contributed by atoms with Crippen molar-refractivity contribution in [2.75, 3.05) is 32.8 Å². The van der Waals surface area contributed by atoms with Gasteiger partial charge in [-0.1, -0.05) is 29.3 Å².